The molecule has 1 aliphatic carbocycles. The standard InChI is InChI=1S/C17H24N2S/c1-17(2,3)10-15-11-18-16(20-15)19-14-8-7-12-5-4-6-13(12)9-14/h7-9,15H,4-6,10-11H2,1-3H3,(H,18,19). The van der Waals surface area contributed by atoms with Crippen LogP contribution in [0.3, 0.4) is 0 Å². The van der Waals surface area contributed by atoms with Crippen molar-refractivity contribution in [2.24, 2.45) is 10.4 Å². The van der Waals surface area contributed by atoms with Crippen LogP contribution < -0.4 is 5.32 Å². The molecule has 0 saturated heterocycles. The lowest BCUT2D eigenvalue weighted by Gasteiger charge is -2.21. The molecule has 0 aromatic heterocycles. The van der Waals surface area contributed by atoms with Gasteiger partial charge in [0.2, 0.25) is 0 Å². The maximum absolute atomic E-state index is 4.66. The van der Waals surface area contributed by atoms with Gasteiger partial charge in [0.05, 0.1) is 6.54 Å². The molecular weight excluding hydrogens is 264 g/mol. The maximum atomic E-state index is 4.66. The fourth-order valence-electron chi connectivity index (χ4n) is 3.05. The molecule has 1 N–H and O–H groups in total. The molecule has 1 aromatic carbocycles. The van der Waals surface area contributed by atoms with Gasteiger partial charge in [-0.15, -0.1) is 0 Å². The number of nitrogens with zero attached hydrogens (tertiary/aromatic N) is 1. The van der Waals surface area contributed by atoms with Crippen LogP contribution in [0.2, 0.25) is 0 Å². The predicted octanol–water partition coefficient (Wildman–Crippen LogP) is 4.49. The van der Waals surface area contributed by atoms with E-state index in [9.17, 15) is 0 Å². The van der Waals surface area contributed by atoms with E-state index in [4.69, 9.17) is 0 Å². The SMILES string of the molecule is CC(C)(C)CC1CN=C(Nc2ccc3c(c2)CCC3)S1. The Labute approximate surface area is 126 Å². The zero-order valence-electron chi connectivity index (χ0n) is 12.7. The van der Waals surface area contributed by atoms with Crippen LogP contribution in [0.15, 0.2) is 23.2 Å². The Morgan fingerprint density at radius 3 is 2.85 bits per heavy atom. The van der Waals surface area contributed by atoms with Crippen LogP contribution in [0, 0.1) is 5.41 Å². The molecule has 20 heavy (non-hydrogen) atoms. The Morgan fingerprint density at radius 1 is 1.25 bits per heavy atom. The topological polar surface area (TPSA) is 24.4 Å². The fourth-order valence-corrected chi connectivity index (χ4v) is 4.42. The quantitative estimate of drug-likeness (QED) is 0.867. The van der Waals surface area contributed by atoms with E-state index in [0.29, 0.717) is 10.7 Å². The number of nitrogens with one attached hydrogen (secondary N) is 1. The Morgan fingerprint density at radius 2 is 2.05 bits per heavy atom. The van der Waals surface area contributed by atoms with Gasteiger partial charge in [0.25, 0.3) is 0 Å². The first-order valence-corrected chi connectivity index (χ1v) is 8.47. The minimum atomic E-state index is 0.385. The maximum Gasteiger partial charge on any atom is 0.161 e. The van der Waals surface area contributed by atoms with E-state index in [-0.39, 0.29) is 0 Å². The molecule has 2 nitrogen and oxygen atoms in total. The van der Waals surface area contributed by atoms with Crippen LogP contribution in [0.25, 0.3) is 0 Å². The minimum Gasteiger partial charge on any atom is -0.335 e. The molecule has 1 aromatic rings. The summed E-state index contributed by atoms with van der Waals surface area (Å²) in [6, 6.07) is 6.78. The average Bonchev–Trinajstić information content (AvgIpc) is 2.96. The molecule has 1 unspecified atom stereocenters. The third-order valence-corrected chi connectivity index (χ3v) is 5.01. The lowest BCUT2D eigenvalue weighted by Crippen LogP contribution is -2.16. The molecule has 0 saturated carbocycles. The highest BCUT2D eigenvalue weighted by Crippen LogP contribution is 2.33. The van der Waals surface area contributed by atoms with Gasteiger partial charge in [0.15, 0.2) is 5.17 Å². The second kappa shape index (κ2) is 5.44. The van der Waals surface area contributed by atoms with Crippen LogP contribution in [0.4, 0.5) is 5.69 Å². The van der Waals surface area contributed by atoms with E-state index in [1.807, 2.05) is 11.8 Å². The van der Waals surface area contributed by atoms with E-state index in [1.165, 1.54) is 42.5 Å². The Balaban J connectivity index is 1.59. The number of hydrogen-bond acceptors (Lipinski definition) is 3. The van der Waals surface area contributed by atoms with Crippen LogP contribution in [0.1, 0.15) is 44.7 Å². The molecule has 1 atom stereocenters. The van der Waals surface area contributed by atoms with Crippen molar-refractivity contribution in [2.75, 3.05) is 11.9 Å². The van der Waals surface area contributed by atoms with Crippen molar-refractivity contribution in [2.45, 2.75) is 51.7 Å². The van der Waals surface area contributed by atoms with Gasteiger partial charge < -0.3 is 5.32 Å². The Hall–Kier alpha value is -0.960. The van der Waals surface area contributed by atoms with Crippen molar-refractivity contribution in [3.63, 3.8) is 0 Å². The zero-order valence-corrected chi connectivity index (χ0v) is 13.5. The van der Waals surface area contributed by atoms with Gasteiger partial charge >= 0.3 is 0 Å². The zero-order chi connectivity index (χ0) is 14.2. The monoisotopic (exact) mass is 288 g/mol. The first kappa shape index (κ1) is 14.0. The summed E-state index contributed by atoms with van der Waals surface area (Å²) in [5.74, 6) is 0. The van der Waals surface area contributed by atoms with Crippen molar-refractivity contribution < 1.29 is 0 Å². The molecule has 2 aliphatic rings. The molecule has 3 rings (SSSR count). The number of fused-ring (bicyclic) bond motifs is 1. The van der Waals surface area contributed by atoms with Crippen molar-refractivity contribution in [1.82, 2.24) is 0 Å². The van der Waals surface area contributed by atoms with E-state index in [2.05, 4.69) is 49.3 Å². The number of aliphatic imine (C=N–C) groups is 1. The molecule has 3 heteroatoms. The molecule has 0 radical (unpaired) electrons. The summed E-state index contributed by atoms with van der Waals surface area (Å²) in [5, 5.41) is 5.23. The van der Waals surface area contributed by atoms with Crippen molar-refractivity contribution >= 4 is 22.6 Å². The fraction of sp³-hybridized carbons (Fsp3) is 0.588. The van der Waals surface area contributed by atoms with Crippen LogP contribution >= 0.6 is 11.8 Å². The molecule has 1 heterocycles. The van der Waals surface area contributed by atoms with E-state index < -0.39 is 0 Å². The second-order valence-electron chi connectivity index (χ2n) is 7.11. The van der Waals surface area contributed by atoms with Crippen LogP contribution in [0.5, 0.6) is 0 Å². The third kappa shape index (κ3) is 3.38. The molecule has 0 fully saturated rings. The van der Waals surface area contributed by atoms with Gasteiger partial charge in [-0.2, -0.15) is 0 Å². The third-order valence-electron chi connectivity index (χ3n) is 3.91. The Kier molecular flexibility index (Phi) is 3.80. The summed E-state index contributed by atoms with van der Waals surface area (Å²) in [4.78, 5) is 4.66. The highest BCUT2D eigenvalue weighted by molar-refractivity contribution is 8.15. The molecule has 1 aliphatic heterocycles. The predicted molar refractivity (Wildman–Crippen MR) is 89.8 cm³/mol. The van der Waals surface area contributed by atoms with Gasteiger partial charge in [0.1, 0.15) is 0 Å². The number of benzene rings is 1. The van der Waals surface area contributed by atoms with Crippen molar-refractivity contribution in [3.05, 3.63) is 29.3 Å². The van der Waals surface area contributed by atoms with Crippen molar-refractivity contribution in [3.8, 4) is 0 Å². The number of aryl methyl sites for hydroxylation is 2. The average molecular weight is 288 g/mol. The minimum absolute atomic E-state index is 0.385. The molecular formula is C17H24N2S. The molecule has 108 valence electrons. The second-order valence-corrected chi connectivity index (χ2v) is 8.40. The summed E-state index contributed by atoms with van der Waals surface area (Å²) < 4.78 is 0. The summed E-state index contributed by atoms with van der Waals surface area (Å²) in [6.07, 6.45) is 5.01. The Bertz CT molecular complexity index is 528. The summed E-state index contributed by atoms with van der Waals surface area (Å²) in [5.41, 5.74) is 4.64. The van der Waals surface area contributed by atoms with Gasteiger partial charge in [-0.05, 0) is 54.4 Å². The van der Waals surface area contributed by atoms with E-state index >= 15 is 0 Å². The van der Waals surface area contributed by atoms with Gasteiger partial charge in [-0.1, -0.05) is 38.6 Å². The van der Waals surface area contributed by atoms with Crippen LogP contribution in [-0.4, -0.2) is 17.0 Å². The van der Waals surface area contributed by atoms with E-state index in [1.54, 1.807) is 0 Å². The van der Waals surface area contributed by atoms with E-state index in [0.717, 1.165) is 11.7 Å². The van der Waals surface area contributed by atoms with Crippen molar-refractivity contribution in [1.29, 1.82) is 0 Å². The first-order valence-electron chi connectivity index (χ1n) is 7.59. The van der Waals surface area contributed by atoms with Crippen LogP contribution in [-0.2, 0) is 12.8 Å². The van der Waals surface area contributed by atoms with Gasteiger partial charge in [-0.25, -0.2) is 0 Å². The molecule has 0 bridgehead atoms. The first-order chi connectivity index (χ1) is 9.49. The largest absolute Gasteiger partial charge is 0.335 e. The number of anilines is 1. The number of amidine groups is 1. The highest BCUT2D eigenvalue weighted by Gasteiger charge is 2.25. The number of hydrogen-bond donors (Lipinski definition) is 1. The highest BCUT2D eigenvalue weighted by atomic mass is 32.2. The normalized spacial score (nSPS) is 21.8. The summed E-state index contributed by atoms with van der Waals surface area (Å²) in [6.45, 7) is 7.87. The molecule has 0 amide bonds. The molecule has 0 spiro atoms. The lowest BCUT2D eigenvalue weighted by molar-refractivity contribution is 0.375. The number of rotatable bonds is 2. The van der Waals surface area contributed by atoms with Gasteiger partial charge in [0, 0.05) is 10.9 Å². The summed E-state index contributed by atoms with van der Waals surface area (Å²) in [7, 11) is 0. The smallest absolute Gasteiger partial charge is 0.161 e. The number of thioether (sulfide) groups is 1. The van der Waals surface area contributed by atoms with Gasteiger partial charge in [-0.3, -0.25) is 4.99 Å². The lowest BCUT2D eigenvalue weighted by atomic mass is 9.90. The summed E-state index contributed by atoms with van der Waals surface area (Å²) >= 11 is 1.90.